The molecule has 3 fully saturated rings. The number of carbonyl (C=O) groups excluding carboxylic acids is 1. The molecule has 1 amide bonds. The third kappa shape index (κ3) is 6.03. The number of likely N-dealkylation sites (tertiary alicyclic amines) is 1. The van der Waals surface area contributed by atoms with Gasteiger partial charge in [-0.25, -0.2) is 9.78 Å². The van der Waals surface area contributed by atoms with Gasteiger partial charge in [0.05, 0.1) is 19.7 Å². The van der Waals surface area contributed by atoms with Crippen molar-refractivity contribution in [3.8, 4) is 5.88 Å². The predicted octanol–water partition coefficient (Wildman–Crippen LogP) is 2.85. The van der Waals surface area contributed by atoms with E-state index in [0.29, 0.717) is 24.3 Å². The van der Waals surface area contributed by atoms with Crippen molar-refractivity contribution in [2.75, 3.05) is 37.8 Å². The van der Waals surface area contributed by atoms with Crippen LogP contribution in [0.3, 0.4) is 0 Å². The van der Waals surface area contributed by atoms with Crippen molar-refractivity contribution in [2.45, 2.75) is 31.0 Å². The van der Waals surface area contributed by atoms with Gasteiger partial charge in [0.25, 0.3) is 0 Å². The Morgan fingerprint density at radius 1 is 1.26 bits per heavy atom. The fraction of sp³-hybridized carbons (Fsp3) is 0.650. The highest BCUT2D eigenvalue weighted by Crippen LogP contribution is 2.41. The van der Waals surface area contributed by atoms with E-state index < -0.39 is 12.1 Å². The number of carbonyl (C=O) groups is 2. The number of ether oxygens (including phenoxy) is 2. The van der Waals surface area contributed by atoms with E-state index in [1.54, 1.807) is 6.20 Å². The molecule has 1 aromatic rings. The molecule has 0 saturated carbocycles. The maximum Gasteiger partial charge on any atom is 0.490 e. The second kappa shape index (κ2) is 10.1. The maximum absolute atomic E-state index is 12.6. The number of aliphatic carboxylic acids is 1. The van der Waals surface area contributed by atoms with Crippen LogP contribution in [0.2, 0.25) is 0 Å². The second-order valence-corrected chi connectivity index (χ2v) is 8.99. The molecule has 7 nitrogen and oxygen atoms in total. The van der Waals surface area contributed by atoms with Crippen LogP contribution in [-0.2, 0) is 14.3 Å². The van der Waals surface area contributed by atoms with Crippen LogP contribution in [0.25, 0.3) is 0 Å². The molecule has 3 aliphatic rings. The van der Waals surface area contributed by atoms with Crippen LogP contribution < -0.4 is 4.74 Å². The molecule has 1 unspecified atom stereocenters. The zero-order valence-corrected chi connectivity index (χ0v) is 17.7. The molecule has 172 valence electrons. The highest BCUT2D eigenvalue weighted by Gasteiger charge is 2.55. The number of thioether (sulfide) groups is 1. The average molecular weight is 462 g/mol. The van der Waals surface area contributed by atoms with Crippen LogP contribution in [0.15, 0.2) is 24.4 Å². The van der Waals surface area contributed by atoms with Crippen LogP contribution >= 0.6 is 11.8 Å². The third-order valence-electron chi connectivity index (χ3n) is 5.71. The van der Waals surface area contributed by atoms with Gasteiger partial charge in [-0.15, -0.1) is 0 Å². The molecule has 4 heterocycles. The van der Waals surface area contributed by atoms with Gasteiger partial charge in [0, 0.05) is 30.7 Å². The lowest BCUT2D eigenvalue weighted by Crippen LogP contribution is -2.67. The molecule has 31 heavy (non-hydrogen) atoms. The number of carboxylic acid groups (broad SMARTS) is 1. The van der Waals surface area contributed by atoms with E-state index in [1.165, 1.54) is 0 Å². The number of hydrogen-bond donors (Lipinski definition) is 1. The van der Waals surface area contributed by atoms with Crippen molar-refractivity contribution in [1.82, 2.24) is 9.88 Å². The highest BCUT2D eigenvalue weighted by atomic mass is 32.2. The first-order chi connectivity index (χ1) is 14.7. The Kier molecular flexibility index (Phi) is 7.68. The Morgan fingerprint density at radius 3 is 2.52 bits per heavy atom. The zero-order valence-electron chi connectivity index (χ0n) is 16.8. The number of hydrogen-bond acceptors (Lipinski definition) is 6. The summed E-state index contributed by atoms with van der Waals surface area (Å²) in [5.41, 5.74) is -0.187. The summed E-state index contributed by atoms with van der Waals surface area (Å²) in [6, 6.07) is 5.68. The van der Waals surface area contributed by atoms with Crippen LogP contribution in [0.1, 0.15) is 19.3 Å². The van der Waals surface area contributed by atoms with Crippen LogP contribution in [0.4, 0.5) is 13.2 Å². The van der Waals surface area contributed by atoms with E-state index in [2.05, 4.69) is 4.98 Å². The van der Waals surface area contributed by atoms with Gasteiger partial charge in [-0.05, 0) is 36.8 Å². The van der Waals surface area contributed by atoms with Gasteiger partial charge in [0.2, 0.25) is 11.8 Å². The third-order valence-corrected chi connectivity index (χ3v) is 6.76. The molecule has 1 atom stereocenters. The number of rotatable bonds is 4. The lowest BCUT2D eigenvalue weighted by Gasteiger charge is -2.51. The first-order valence-corrected chi connectivity index (χ1v) is 11.2. The number of amides is 1. The zero-order chi connectivity index (χ0) is 22.5. The summed E-state index contributed by atoms with van der Waals surface area (Å²) in [5, 5.41) is 7.12. The molecule has 0 bridgehead atoms. The Bertz CT molecular complexity index is 753. The summed E-state index contributed by atoms with van der Waals surface area (Å²) >= 11 is 1.96. The number of halogens is 3. The molecular formula is C20H25F3N2O5S. The molecule has 1 aromatic heterocycles. The minimum absolute atomic E-state index is 0.187. The van der Waals surface area contributed by atoms with Crippen LogP contribution in [0, 0.1) is 11.8 Å². The lowest BCUT2D eigenvalue weighted by atomic mass is 9.80. The number of carboxylic acids is 1. The van der Waals surface area contributed by atoms with Crippen molar-refractivity contribution >= 4 is 23.6 Å². The van der Waals surface area contributed by atoms with E-state index in [9.17, 15) is 18.0 Å². The summed E-state index contributed by atoms with van der Waals surface area (Å²) in [6.45, 7) is 2.83. The van der Waals surface area contributed by atoms with E-state index >= 15 is 0 Å². The van der Waals surface area contributed by atoms with E-state index in [1.807, 2.05) is 34.9 Å². The average Bonchev–Trinajstić information content (AvgIpc) is 3.16. The summed E-state index contributed by atoms with van der Waals surface area (Å²) in [6.07, 6.45) is -0.294. The molecule has 0 radical (unpaired) electrons. The molecule has 11 heteroatoms. The van der Waals surface area contributed by atoms with Gasteiger partial charge in [-0.1, -0.05) is 6.07 Å². The summed E-state index contributed by atoms with van der Waals surface area (Å²) < 4.78 is 43.6. The fourth-order valence-corrected chi connectivity index (χ4v) is 5.05. The van der Waals surface area contributed by atoms with Gasteiger partial charge in [0.15, 0.2) is 0 Å². The first-order valence-electron chi connectivity index (χ1n) is 10.1. The standard InChI is InChI=1S/C18H24N2O3S.C2HF3O2/c21-17(14-5-9-24-10-6-14)20-12-18(13-20)15(4-8-23-18)11-22-16-3-1-2-7-19-16;3-2(4,5)1(6)7/h1-3,7,14-15H,4-6,8-13H2;(H,6,7). The summed E-state index contributed by atoms with van der Waals surface area (Å²) in [4.78, 5) is 27.7. The van der Waals surface area contributed by atoms with E-state index in [0.717, 1.165) is 50.5 Å². The number of pyridine rings is 1. The van der Waals surface area contributed by atoms with Gasteiger partial charge in [0.1, 0.15) is 5.60 Å². The molecular weight excluding hydrogens is 437 g/mol. The topological polar surface area (TPSA) is 89.0 Å². The largest absolute Gasteiger partial charge is 0.490 e. The van der Waals surface area contributed by atoms with Crippen LogP contribution in [-0.4, -0.2) is 76.5 Å². The highest BCUT2D eigenvalue weighted by molar-refractivity contribution is 7.99. The Labute approximate surface area is 182 Å². The quantitative estimate of drug-likeness (QED) is 0.736. The Morgan fingerprint density at radius 2 is 1.94 bits per heavy atom. The smallest absolute Gasteiger partial charge is 0.477 e. The van der Waals surface area contributed by atoms with Crippen molar-refractivity contribution in [3.05, 3.63) is 24.4 Å². The molecule has 3 aliphatic heterocycles. The van der Waals surface area contributed by atoms with Gasteiger partial charge >= 0.3 is 12.1 Å². The molecule has 0 aliphatic carbocycles. The molecule has 1 spiro atoms. The SMILES string of the molecule is O=C(C1CCSCC1)N1CC2(C1)OCCC2COc1ccccn1.O=C(O)C(F)(F)F. The number of aromatic nitrogens is 1. The number of alkyl halides is 3. The Balaban J connectivity index is 0.000000339. The van der Waals surface area contributed by atoms with Gasteiger partial charge < -0.3 is 19.5 Å². The summed E-state index contributed by atoms with van der Waals surface area (Å²) in [5.74, 6) is 1.04. The van der Waals surface area contributed by atoms with E-state index in [-0.39, 0.29) is 11.5 Å². The monoisotopic (exact) mass is 462 g/mol. The van der Waals surface area contributed by atoms with Gasteiger partial charge in [-0.2, -0.15) is 24.9 Å². The minimum Gasteiger partial charge on any atom is -0.477 e. The van der Waals surface area contributed by atoms with Crippen molar-refractivity contribution in [3.63, 3.8) is 0 Å². The molecule has 0 aromatic carbocycles. The second-order valence-electron chi connectivity index (χ2n) is 7.76. The fourth-order valence-electron chi connectivity index (χ4n) is 3.95. The van der Waals surface area contributed by atoms with E-state index in [4.69, 9.17) is 19.4 Å². The first kappa shape index (κ1) is 23.6. The minimum atomic E-state index is -5.08. The maximum atomic E-state index is 12.6. The molecule has 4 rings (SSSR count). The van der Waals surface area contributed by atoms with Crippen molar-refractivity contribution in [2.24, 2.45) is 11.8 Å². The van der Waals surface area contributed by atoms with Crippen LogP contribution in [0.5, 0.6) is 5.88 Å². The molecule has 1 N–H and O–H groups in total. The molecule has 3 saturated heterocycles. The van der Waals surface area contributed by atoms with Crippen molar-refractivity contribution in [1.29, 1.82) is 0 Å². The van der Waals surface area contributed by atoms with Gasteiger partial charge in [-0.3, -0.25) is 4.79 Å². The normalized spacial score (nSPS) is 22.9. The Hall–Kier alpha value is -2.01. The summed E-state index contributed by atoms with van der Waals surface area (Å²) in [7, 11) is 0. The lowest BCUT2D eigenvalue weighted by molar-refractivity contribution is -0.192. The number of nitrogens with zero attached hydrogens (tertiary/aromatic N) is 2. The predicted molar refractivity (Wildman–Crippen MR) is 107 cm³/mol. The van der Waals surface area contributed by atoms with Crippen molar-refractivity contribution < 1.29 is 37.3 Å².